The zero-order chi connectivity index (χ0) is 15.8. The van der Waals surface area contributed by atoms with Crippen molar-refractivity contribution in [3.8, 4) is 5.75 Å². The molecule has 1 aromatic carbocycles. The van der Waals surface area contributed by atoms with Gasteiger partial charge >= 0.3 is 6.36 Å². The Hall–Kier alpha value is -1.98. The molecule has 1 aromatic rings. The predicted octanol–water partition coefficient (Wildman–Crippen LogP) is 4.05. The van der Waals surface area contributed by atoms with Gasteiger partial charge in [-0.1, -0.05) is 12.2 Å². The van der Waals surface area contributed by atoms with Gasteiger partial charge in [0, 0.05) is 12.2 Å². The van der Waals surface area contributed by atoms with E-state index in [1.54, 1.807) is 4.90 Å². The van der Waals surface area contributed by atoms with Crippen molar-refractivity contribution in [3.05, 3.63) is 36.4 Å². The Morgan fingerprint density at radius 2 is 1.82 bits per heavy atom. The smallest absolute Gasteiger partial charge is 0.406 e. The molecule has 2 aliphatic rings. The van der Waals surface area contributed by atoms with Crippen LogP contribution in [0.3, 0.4) is 0 Å². The summed E-state index contributed by atoms with van der Waals surface area (Å²) in [4.78, 5) is 14.3. The Balaban J connectivity index is 1.75. The van der Waals surface area contributed by atoms with E-state index in [1.165, 1.54) is 24.3 Å². The first-order chi connectivity index (χ1) is 10.4. The SMILES string of the molecule is O=C1N(c2ccc(OC(F)(F)F)cc2)CC[C@@]12CC=CCC2. The lowest BCUT2D eigenvalue weighted by Gasteiger charge is -2.28. The highest BCUT2D eigenvalue weighted by molar-refractivity contribution is 6.00. The molecule has 0 unspecified atom stereocenters. The van der Waals surface area contributed by atoms with Crippen LogP contribution in [0.5, 0.6) is 5.75 Å². The topological polar surface area (TPSA) is 29.5 Å². The van der Waals surface area contributed by atoms with Crippen molar-refractivity contribution in [2.75, 3.05) is 11.4 Å². The summed E-state index contributed by atoms with van der Waals surface area (Å²) in [5.41, 5.74) is 0.293. The Bertz CT molecular complexity index is 594. The van der Waals surface area contributed by atoms with Crippen molar-refractivity contribution in [2.24, 2.45) is 5.41 Å². The van der Waals surface area contributed by atoms with Gasteiger partial charge in [0.25, 0.3) is 0 Å². The fourth-order valence-corrected chi connectivity index (χ4v) is 3.20. The molecule has 0 saturated carbocycles. The number of rotatable bonds is 2. The molecule has 6 heteroatoms. The normalized spacial score (nSPS) is 25.0. The molecular formula is C16H16F3NO2. The molecule has 0 N–H and O–H groups in total. The fourth-order valence-electron chi connectivity index (χ4n) is 3.20. The van der Waals surface area contributed by atoms with Gasteiger partial charge in [0.15, 0.2) is 0 Å². The highest BCUT2D eigenvalue weighted by atomic mass is 19.4. The second-order valence-electron chi connectivity index (χ2n) is 5.74. The molecule has 0 radical (unpaired) electrons. The summed E-state index contributed by atoms with van der Waals surface area (Å²) < 4.78 is 40.3. The van der Waals surface area contributed by atoms with E-state index in [4.69, 9.17) is 0 Å². The number of carbonyl (C=O) groups excluding carboxylic acids is 1. The molecule has 1 saturated heterocycles. The molecule has 1 aliphatic heterocycles. The van der Waals surface area contributed by atoms with Crippen molar-refractivity contribution in [3.63, 3.8) is 0 Å². The van der Waals surface area contributed by atoms with Gasteiger partial charge in [-0.2, -0.15) is 0 Å². The van der Waals surface area contributed by atoms with E-state index in [0.29, 0.717) is 12.2 Å². The lowest BCUT2D eigenvalue weighted by atomic mass is 9.76. The number of hydrogen-bond acceptors (Lipinski definition) is 2. The molecule has 1 amide bonds. The van der Waals surface area contributed by atoms with E-state index in [2.05, 4.69) is 10.8 Å². The summed E-state index contributed by atoms with van der Waals surface area (Å²) in [6, 6.07) is 5.47. The van der Waals surface area contributed by atoms with Crippen LogP contribution >= 0.6 is 0 Å². The van der Waals surface area contributed by atoms with Crippen LogP contribution in [0.4, 0.5) is 18.9 Å². The molecule has 0 aromatic heterocycles. The van der Waals surface area contributed by atoms with Crippen molar-refractivity contribution >= 4 is 11.6 Å². The number of ether oxygens (including phenoxy) is 1. The standard InChI is InChI=1S/C16H16F3NO2/c17-16(18,19)22-13-6-4-12(5-7-13)20-11-10-15(14(20)21)8-2-1-3-9-15/h1-2,4-7H,3,8-11H2/t15-/m0/s1. The number of hydrogen-bond donors (Lipinski definition) is 0. The minimum atomic E-state index is -4.70. The maximum atomic E-state index is 12.7. The molecule has 0 bridgehead atoms. The predicted molar refractivity (Wildman–Crippen MR) is 75.5 cm³/mol. The number of amides is 1. The summed E-state index contributed by atoms with van der Waals surface area (Å²) in [6.45, 7) is 0.603. The minimum absolute atomic E-state index is 0.0707. The molecule has 22 heavy (non-hydrogen) atoms. The number of alkyl halides is 3. The first-order valence-electron chi connectivity index (χ1n) is 7.22. The van der Waals surface area contributed by atoms with Gasteiger partial charge in [0.1, 0.15) is 5.75 Å². The zero-order valence-electron chi connectivity index (χ0n) is 11.9. The minimum Gasteiger partial charge on any atom is -0.406 e. The van der Waals surface area contributed by atoms with Crippen LogP contribution in [0.1, 0.15) is 25.7 Å². The van der Waals surface area contributed by atoms with Crippen LogP contribution in [0.2, 0.25) is 0 Å². The maximum absolute atomic E-state index is 12.7. The van der Waals surface area contributed by atoms with Gasteiger partial charge in [-0.15, -0.1) is 13.2 Å². The van der Waals surface area contributed by atoms with Crippen LogP contribution in [-0.2, 0) is 4.79 Å². The van der Waals surface area contributed by atoms with E-state index in [-0.39, 0.29) is 17.1 Å². The number of nitrogens with zero attached hydrogens (tertiary/aromatic N) is 1. The quantitative estimate of drug-likeness (QED) is 0.771. The van der Waals surface area contributed by atoms with Crippen molar-refractivity contribution in [2.45, 2.75) is 32.0 Å². The average Bonchev–Trinajstić information content (AvgIpc) is 2.77. The number of carbonyl (C=O) groups is 1. The van der Waals surface area contributed by atoms with Crippen molar-refractivity contribution in [1.82, 2.24) is 0 Å². The summed E-state index contributed by atoms with van der Waals surface area (Å²) in [7, 11) is 0. The average molecular weight is 311 g/mol. The van der Waals surface area contributed by atoms with E-state index < -0.39 is 6.36 Å². The lowest BCUT2D eigenvalue weighted by Crippen LogP contribution is -2.35. The summed E-state index contributed by atoms with van der Waals surface area (Å²) in [5, 5.41) is 0. The van der Waals surface area contributed by atoms with Crippen LogP contribution in [0, 0.1) is 5.41 Å². The third kappa shape index (κ3) is 2.82. The molecule has 1 aliphatic carbocycles. The van der Waals surface area contributed by atoms with Crippen molar-refractivity contribution in [1.29, 1.82) is 0 Å². The molecular weight excluding hydrogens is 295 g/mol. The lowest BCUT2D eigenvalue weighted by molar-refractivity contribution is -0.274. The number of anilines is 1. The molecule has 1 atom stereocenters. The highest BCUT2D eigenvalue weighted by Gasteiger charge is 2.46. The molecule has 3 rings (SSSR count). The molecule has 3 nitrogen and oxygen atoms in total. The summed E-state index contributed by atoms with van der Waals surface area (Å²) in [6.07, 6.45) is 2.71. The Morgan fingerprint density at radius 3 is 2.41 bits per heavy atom. The Morgan fingerprint density at radius 1 is 1.09 bits per heavy atom. The van der Waals surface area contributed by atoms with Crippen LogP contribution in [0.15, 0.2) is 36.4 Å². The Kier molecular flexibility index (Phi) is 3.62. The van der Waals surface area contributed by atoms with Gasteiger partial charge in [-0.05, 0) is 49.9 Å². The fraction of sp³-hybridized carbons (Fsp3) is 0.438. The van der Waals surface area contributed by atoms with Crippen molar-refractivity contribution < 1.29 is 22.7 Å². The zero-order valence-corrected chi connectivity index (χ0v) is 11.9. The second-order valence-corrected chi connectivity index (χ2v) is 5.74. The van der Waals surface area contributed by atoms with E-state index in [9.17, 15) is 18.0 Å². The maximum Gasteiger partial charge on any atom is 0.573 e. The number of halogens is 3. The number of allylic oxidation sites excluding steroid dienone is 2. The van der Waals surface area contributed by atoms with Gasteiger partial charge in [-0.25, -0.2) is 0 Å². The number of benzene rings is 1. The third-order valence-electron chi connectivity index (χ3n) is 4.36. The summed E-state index contributed by atoms with van der Waals surface area (Å²) in [5.74, 6) is -0.209. The van der Waals surface area contributed by atoms with E-state index in [0.717, 1.165) is 25.7 Å². The van der Waals surface area contributed by atoms with Gasteiger partial charge in [0.2, 0.25) is 5.91 Å². The monoisotopic (exact) mass is 311 g/mol. The van der Waals surface area contributed by atoms with Gasteiger partial charge in [0.05, 0.1) is 5.41 Å². The highest BCUT2D eigenvalue weighted by Crippen LogP contribution is 2.44. The van der Waals surface area contributed by atoms with E-state index in [1.807, 2.05) is 6.08 Å². The molecule has 1 heterocycles. The second kappa shape index (κ2) is 5.34. The first-order valence-corrected chi connectivity index (χ1v) is 7.22. The largest absolute Gasteiger partial charge is 0.573 e. The van der Waals surface area contributed by atoms with Crippen LogP contribution in [0.25, 0.3) is 0 Å². The van der Waals surface area contributed by atoms with Crippen LogP contribution in [-0.4, -0.2) is 18.8 Å². The van der Waals surface area contributed by atoms with Gasteiger partial charge in [-0.3, -0.25) is 4.79 Å². The molecule has 1 fully saturated rings. The molecule has 1 spiro atoms. The third-order valence-corrected chi connectivity index (χ3v) is 4.36. The summed E-state index contributed by atoms with van der Waals surface area (Å²) >= 11 is 0. The van der Waals surface area contributed by atoms with E-state index >= 15 is 0 Å². The Labute approximate surface area is 126 Å². The van der Waals surface area contributed by atoms with Gasteiger partial charge < -0.3 is 9.64 Å². The van der Waals surface area contributed by atoms with Crippen LogP contribution < -0.4 is 9.64 Å². The first kappa shape index (κ1) is 14.9. The molecule has 118 valence electrons.